The zero-order chi connectivity index (χ0) is 11.3. The number of hydrogen-bond donors (Lipinski definition) is 2. The van der Waals surface area contributed by atoms with Crippen molar-refractivity contribution in [3.8, 4) is 0 Å². The Kier molecular flexibility index (Phi) is 5.39. The normalized spacial score (nSPS) is 24.0. The Morgan fingerprint density at radius 3 is 2.47 bits per heavy atom. The average molecular weight is 232 g/mol. The van der Waals surface area contributed by atoms with Crippen molar-refractivity contribution in [3.63, 3.8) is 0 Å². The first-order chi connectivity index (χ1) is 7.15. The van der Waals surface area contributed by atoms with E-state index < -0.39 is 0 Å². The second-order valence-corrected chi connectivity index (χ2v) is 5.95. The lowest BCUT2D eigenvalue weighted by atomic mass is 9.95. The zero-order valence-corrected chi connectivity index (χ0v) is 10.7. The molecule has 15 heavy (non-hydrogen) atoms. The number of aliphatic hydroxyl groups is 1. The van der Waals surface area contributed by atoms with Gasteiger partial charge in [0.1, 0.15) is 0 Å². The Hall–Kier alpha value is 0.230. The van der Waals surface area contributed by atoms with E-state index in [4.69, 9.17) is 10.8 Å². The topological polar surface area (TPSA) is 49.5 Å². The first-order valence-electron chi connectivity index (χ1n) is 5.74. The monoisotopic (exact) mass is 232 g/mol. The van der Waals surface area contributed by atoms with Gasteiger partial charge in [-0.15, -0.1) is 0 Å². The van der Waals surface area contributed by atoms with E-state index in [0.717, 1.165) is 26.2 Å². The third-order valence-electron chi connectivity index (χ3n) is 3.45. The molecule has 1 heterocycles. The van der Waals surface area contributed by atoms with Crippen LogP contribution in [0.3, 0.4) is 0 Å². The number of nitrogens with zero attached hydrogens (tertiary/aromatic N) is 1. The van der Waals surface area contributed by atoms with E-state index in [1.165, 1.54) is 12.8 Å². The molecule has 0 radical (unpaired) electrons. The molecule has 1 fully saturated rings. The van der Waals surface area contributed by atoms with E-state index in [-0.39, 0.29) is 0 Å². The molecule has 0 aromatic rings. The number of thioether (sulfide) groups is 1. The molecule has 0 spiro atoms. The molecule has 1 aliphatic rings. The minimum atomic E-state index is 0.293. The van der Waals surface area contributed by atoms with E-state index in [9.17, 15) is 0 Å². The van der Waals surface area contributed by atoms with Crippen molar-refractivity contribution in [1.82, 2.24) is 4.90 Å². The molecule has 3 N–H and O–H groups in total. The van der Waals surface area contributed by atoms with Crippen LogP contribution in [0.2, 0.25) is 0 Å². The van der Waals surface area contributed by atoms with Gasteiger partial charge in [-0.2, -0.15) is 11.8 Å². The van der Waals surface area contributed by atoms with Crippen molar-refractivity contribution in [3.05, 3.63) is 0 Å². The van der Waals surface area contributed by atoms with Crippen molar-refractivity contribution in [2.45, 2.75) is 24.5 Å². The predicted molar refractivity (Wildman–Crippen MR) is 67.2 cm³/mol. The van der Waals surface area contributed by atoms with Gasteiger partial charge in [0.05, 0.1) is 0 Å². The molecule has 0 saturated carbocycles. The first-order valence-corrected chi connectivity index (χ1v) is 6.96. The van der Waals surface area contributed by atoms with Crippen LogP contribution in [0.15, 0.2) is 0 Å². The number of nitrogens with two attached hydrogens (primary N) is 1. The van der Waals surface area contributed by atoms with Crippen LogP contribution in [0.4, 0.5) is 0 Å². The Labute approximate surface area is 97.4 Å². The van der Waals surface area contributed by atoms with Gasteiger partial charge in [-0.1, -0.05) is 6.92 Å². The van der Waals surface area contributed by atoms with Gasteiger partial charge in [-0.05, 0) is 38.1 Å². The highest BCUT2D eigenvalue weighted by Gasteiger charge is 2.32. The Balaban J connectivity index is 2.35. The molecule has 1 rings (SSSR count). The van der Waals surface area contributed by atoms with E-state index in [0.29, 0.717) is 17.3 Å². The summed E-state index contributed by atoms with van der Waals surface area (Å²) in [6.45, 7) is 6.45. The predicted octanol–water partition coefficient (Wildman–Crippen LogP) is 0.771. The number of likely N-dealkylation sites (tertiary alicyclic amines) is 1. The van der Waals surface area contributed by atoms with Crippen molar-refractivity contribution < 1.29 is 5.11 Å². The molecule has 0 bridgehead atoms. The van der Waals surface area contributed by atoms with Gasteiger partial charge < -0.3 is 15.7 Å². The van der Waals surface area contributed by atoms with Crippen molar-refractivity contribution >= 4 is 11.8 Å². The maximum absolute atomic E-state index is 9.01. The fourth-order valence-corrected chi connectivity index (χ4v) is 2.89. The molecule has 1 unspecified atom stereocenters. The summed E-state index contributed by atoms with van der Waals surface area (Å²) in [7, 11) is 0. The van der Waals surface area contributed by atoms with Gasteiger partial charge in [0.2, 0.25) is 0 Å². The number of hydrogen-bond acceptors (Lipinski definition) is 4. The van der Waals surface area contributed by atoms with Gasteiger partial charge in [0, 0.05) is 24.4 Å². The minimum Gasteiger partial charge on any atom is -0.396 e. The van der Waals surface area contributed by atoms with Crippen molar-refractivity contribution in [1.29, 1.82) is 0 Å². The average Bonchev–Trinajstić information content (AvgIpc) is 2.30. The standard InChI is InChI=1S/C11H24N2OS/c1-10(8-14)7-13-5-3-11(9-12,15-2)4-6-13/h10,14H,3-9,12H2,1-2H3. The highest BCUT2D eigenvalue weighted by atomic mass is 32.2. The molecule has 0 aliphatic carbocycles. The van der Waals surface area contributed by atoms with E-state index in [2.05, 4.69) is 18.1 Å². The maximum Gasteiger partial charge on any atom is 0.0468 e. The molecule has 0 aromatic carbocycles. The SMILES string of the molecule is CSC1(CN)CCN(CC(C)CO)CC1. The van der Waals surface area contributed by atoms with Gasteiger partial charge in [-0.3, -0.25) is 0 Å². The van der Waals surface area contributed by atoms with E-state index in [1.807, 2.05) is 11.8 Å². The summed E-state index contributed by atoms with van der Waals surface area (Å²) in [5, 5.41) is 9.01. The minimum absolute atomic E-state index is 0.293. The molecule has 0 amide bonds. The van der Waals surface area contributed by atoms with Crippen LogP contribution in [-0.2, 0) is 0 Å². The van der Waals surface area contributed by atoms with Crippen LogP contribution in [0.1, 0.15) is 19.8 Å². The lowest BCUT2D eigenvalue weighted by Gasteiger charge is -2.40. The molecule has 90 valence electrons. The van der Waals surface area contributed by atoms with Gasteiger partial charge >= 0.3 is 0 Å². The second kappa shape index (κ2) is 6.09. The molecule has 0 aromatic heterocycles. The van der Waals surface area contributed by atoms with Crippen LogP contribution >= 0.6 is 11.8 Å². The number of aliphatic hydroxyl groups excluding tert-OH is 1. The highest BCUT2D eigenvalue weighted by Crippen LogP contribution is 2.33. The van der Waals surface area contributed by atoms with Crippen LogP contribution < -0.4 is 5.73 Å². The Bertz CT molecular complexity index is 175. The van der Waals surface area contributed by atoms with Crippen LogP contribution in [0, 0.1) is 5.92 Å². The third-order valence-corrected chi connectivity index (χ3v) is 4.89. The summed E-state index contributed by atoms with van der Waals surface area (Å²) in [4.78, 5) is 2.45. The number of rotatable bonds is 5. The summed E-state index contributed by atoms with van der Waals surface area (Å²) in [5.74, 6) is 0.393. The molecule has 3 nitrogen and oxygen atoms in total. The largest absolute Gasteiger partial charge is 0.396 e. The molecular weight excluding hydrogens is 208 g/mol. The van der Waals surface area contributed by atoms with Crippen LogP contribution in [0.5, 0.6) is 0 Å². The molecule has 4 heteroatoms. The quantitative estimate of drug-likeness (QED) is 0.735. The molecular formula is C11H24N2OS. The summed E-state index contributed by atoms with van der Waals surface area (Å²) in [6, 6.07) is 0. The van der Waals surface area contributed by atoms with Crippen LogP contribution in [0.25, 0.3) is 0 Å². The van der Waals surface area contributed by atoms with Crippen molar-refractivity contribution in [2.75, 3.05) is 39.0 Å². The fraction of sp³-hybridized carbons (Fsp3) is 1.00. The lowest BCUT2D eigenvalue weighted by molar-refractivity contribution is 0.144. The van der Waals surface area contributed by atoms with Crippen molar-refractivity contribution in [2.24, 2.45) is 11.7 Å². The Morgan fingerprint density at radius 1 is 1.47 bits per heavy atom. The lowest BCUT2D eigenvalue weighted by Crippen LogP contribution is -2.47. The third kappa shape index (κ3) is 3.63. The molecule has 1 aliphatic heterocycles. The van der Waals surface area contributed by atoms with Gasteiger partial charge in [-0.25, -0.2) is 0 Å². The summed E-state index contributed by atoms with van der Waals surface area (Å²) < 4.78 is 0.318. The first kappa shape index (κ1) is 13.3. The van der Waals surface area contributed by atoms with Gasteiger partial charge in [0.25, 0.3) is 0 Å². The van der Waals surface area contributed by atoms with E-state index >= 15 is 0 Å². The molecule has 1 atom stereocenters. The fourth-order valence-electron chi connectivity index (χ4n) is 2.13. The van der Waals surface area contributed by atoms with E-state index in [1.54, 1.807) is 0 Å². The number of piperidine rings is 1. The maximum atomic E-state index is 9.01. The van der Waals surface area contributed by atoms with Crippen LogP contribution in [-0.4, -0.2) is 53.8 Å². The Morgan fingerprint density at radius 2 is 2.07 bits per heavy atom. The highest BCUT2D eigenvalue weighted by molar-refractivity contribution is 8.00. The molecule has 1 saturated heterocycles. The summed E-state index contributed by atoms with van der Waals surface area (Å²) in [6.07, 6.45) is 4.53. The van der Waals surface area contributed by atoms with Gasteiger partial charge in [0.15, 0.2) is 0 Å². The second-order valence-electron chi connectivity index (χ2n) is 4.68. The summed E-state index contributed by atoms with van der Waals surface area (Å²) >= 11 is 1.92. The smallest absolute Gasteiger partial charge is 0.0468 e. The summed E-state index contributed by atoms with van der Waals surface area (Å²) in [5.41, 5.74) is 5.84. The zero-order valence-electron chi connectivity index (χ0n) is 9.91.